The highest BCUT2D eigenvalue weighted by Gasteiger charge is 2.09. The first kappa shape index (κ1) is 12.9. The van der Waals surface area contributed by atoms with Gasteiger partial charge in [0.2, 0.25) is 0 Å². The van der Waals surface area contributed by atoms with Gasteiger partial charge in [-0.3, -0.25) is 0 Å². The molecule has 1 rings (SSSR count). The second-order valence-corrected chi connectivity index (χ2v) is 4.60. The molecule has 1 aromatic carbocycles. The molecule has 82 valence electrons. The molecule has 16 heavy (non-hydrogen) atoms. The van der Waals surface area contributed by atoms with Crippen LogP contribution < -0.4 is 0 Å². The van der Waals surface area contributed by atoms with Gasteiger partial charge in [0.15, 0.2) is 0 Å². The van der Waals surface area contributed by atoms with Gasteiger partial charge in [-0.2, -0.15) is 5.26 Å². The molecule has 0 fully saturated rings. The summed E-state index contributed by atoms with van der Waals surface area (Å²) in [6, 6.07) is 7.27. The standard InChI is InChI=1S/C11H7Br2NO2/c1-16-11(15)8(6-14)4-7-5-9(12)2-3-10(7)13/h2-5H,1H3/b8-4+. The predicted molar refractivity (Wildman–Crippen MR) is 67.4 cm³/mol. The van der Waals surface area contributed by atoms with Crippen LogP contribution in [0.3, 0.4) is 0 Å². The Balaban J connectivity index is 3.19. The minimum Gasteiger partial charge on any atom is -0.465 e. The molecule has 0 aliphatic heterocycles. The van der Waals surface area contributed by atoms with Gasteiger partial charge < -0.3 is 4.74 Å². The lowest BCUT2D eigenvalue weighted by atomic mass is 10.1. The summed E-state index contributed by atoms with van der Waals surface area (Å²) in [5.41, 5.74) is 0.692. The van der Waals surface area contributed by atoms with Crippen molar-refractivity contribution in [3.05, 3.63) is 38.3 Å². The molecule has 0 spiro atoms. The van der Waals surface area contributed by atoms with Crippen LogP contribution in [-0.2, 0) is 9.53 Å². The van der Waals surface area contributed by atoms with Gasteiger partial charge in [0.05, 0.1) is 7.11 Å². The van der Waals surface area contributed by atoms with E-state index in [1.54, 1.807) is 12.1 Å². The molecule has 0 saturated carbocycles. The van der Waals surface area contributed by atoms with Crippen LogP contribution in [0, 0.1) is 11.3 Å². The van der Waals surface area contributed by atoms with Crippen molar-refractivity contribution in [3.63, 3.8) is 0 Å². The minimum absolute atomic E-state index is 0.0405. The van der Waals surface area contributed by atoms with E-state index < -0.39 is 5.97 Å². The van der Waals surface area contributed by atoms with E-state index in [2.05, 4.69) is 36.6 Å². The maximum absolute atomic E-state index is 11.2. The second kappa shape index (κ2) is 5.83. The number of carbonyl (C=O) groups excluding carboxylic acids is 1. The van der Waals surface area contributed by atoms with E-state index in [1.165, 1.54) is 13.2 Å². The second-order valence-electron chi connectivity index (χ2n) is 2.83. The number of nitriles is 1. The molecule has 0 aliphatic carbocycles. The molecule has 0 aromatic heterocycles. The van der Waals surface area contributed by atoms with Crippen molar-refractivity contribution in [2.24, 2.45) is 0 Å². The Kier molecular flexibility index (Phi) is 4.71. The normalized spacial score (nSPS) is 10.8. The van der Waals surface area contributed by atoms with Crippen molar-refractivity contribution in [1.29, 1.82) is 5.26 Å². The smallest absolute Gasteiger partial charge is 0.348 e. The number of hydrogen-bond acceptors (Lipinski definition) is 3. The fourth-order valence-electron chi connectivity index (χ4n) is 1.03. The third-order valence-electron chi connectivity index (χ3n) is 1.78. The number of carbonyl (C=O) groups is 1. The summed E-state index contributed by atoms with van der Waals surface area (Å²) in [7, 11) is 1.24. The largest absolute Gasteiger partial charge is 0.465 e. The Morgan fingerprint density at radius 1 is 1.50 bits per heavy atom. The first-order valence-electron chi connectivity index (χ1n) is 4.23. The Labute approximate surface area is 110 Å². The fourth-order valence-corrected chi connectivity index (χ4v) is 1.77. The first-order chi connectivity index (χ1) is 7.58. The number of rotatable bonds is 2. The molecule has 1 aromatic rings. The third kappa shape index (κ3) is 3.19. The first-order valence-corrected chi connectivity index (χ1v) is 5.82. The van der Waals surface area contributed by atoms with Crippen molar-refractivity contribution in [2.45, 2.75) is 0 Å². The van der Waals surface area contributed by atoms with Crippen LogP contribution in [0.4, 0.5) is 0 Å². The van der Waals surface area contributed by atoms with Crippen LogP contribution in [0.2, 0.25) is 0 Å². The zero-order valence-electron chi connectivity index (χ0n) is 8.33. The molecule has 0 N–H and O–H groups in total. The Morgan fingerprint density at radius 2 is 2.19 bits per heavy atom. The van der Waals surface area contributed by atoms with E-state index in [0.29, 0.717) is 0 Å². The minimum atomic E-state index is -0.644. The summed E-state index contributed by atoms with van der Waals surface area (Å²) in [5.74, 6) is -0.644. The lowest BCUT2D eigenvalue weighted by Gasteiger charge is -2.01. The number of esters is 1. The quantitative estimate of drug-likeness (QED) is 0.470. The Bertz CT molecular complexity index is 489. The Morgan fingerprint density at radius 3 is 2.75 bits per heavy atom. The van der Waals surface area contributed by atoms with Gasteiger partial charge in [-0.1, -0.05) is 31.9 Å². The maximum Gasteiger partial charge on any atom is 0.348 e. The van der Waals surface area contributed by atoms with Crippen LogP contribution in [0.25, 0.3) is 6.08 Å². The average Bonchev–Trinajstić information content (AvgIpc) is 2.29. The monoisotopic (exact) mass is 343 g/mol. The zero-order valence-corrected chi connectivity index (χ0v) is 11.5. The SMILES string of the molecule is COC(=O)/C(C#N)=C/c1cc(Br)ccc1Br. The third-order valence-corrected chi connectivity index (χ3v) is 3.00. The molecule has 3 nitrogen and oxygen atoms in total. The molecule has 0 saturated heterocycles. The van der Waals surface area contributed by atoms with Gasteiger partial charge in [-0.25, -0.2) is 4.79 Å². The summed E-state index contributed by atoms with van der Waals surface area (Å²) in [5, 5.41) is 8.80. The van der Waals surface area contributed by atoms with E-state index >= 15 is 0 Å². The highest BCUT2D eigenvalue weighted by molar-refractivity contribution is 9.11. The number of methoxy groups -OCH3 is 1. The highest BCUT2D eigenvalue weighted by Crippen LogP contribution is 2.23. The van der Waals surface area contributed by atoms with Gasteiger partial charge in [0.25, 0.3) is 0 Å². The topological polar surface area (TPSA) is 50.1 Å². The van der Waals surface area contributed by atoms with Gasteiger partial charge in [-0.15, -0.1) is 0 Å². The van der Waals surface area contributed by atoms with E-state index in [4.69, 9.17) is 5.26 Å². The highest BCUT2D eigenvalue weighted by atomic mass is 79.9. The van der Waals surface area contributed by atoms with Crippen LogP contribution in [0.15, 0.2) is 32.7 Å². The van der Waals surface area contributed by atoms with Crippen molar-refractivity contribution in [3.8, 4) is 6.07 Å². The summed E-state index contributed by atoms with van der Waals surface area (Å²) in [6.07, 6.45) is 1.47. The van der Waals surface area contributed by atoms with Crippen molar-refractivity contribution in [2.75, 3.05) is 7.11 Å². The maximum atomic E-state index is 11.2. The number of nitrogens with zero attached hydrogens (tertiary/aromatic N) is 1. The lowest BCUT2D eigenvalue weighted by Crippen LogP contribution is -2.02. The summed E-state index contributed by atoms with van der Waals surface area (Å²) in [4.78, 5) is 11.2. The Hall–Kier alpha value is -1.12. The fraction of sp³-hybridized carbons (Fsp3) is 0.0909. The molecule has 0 radical (unpaired) electrons. The zero-order chi connectivity index (χ0) is 12.1. The van der Waals surface area contributed by atoms with Gasteiger partial charge in [0, 0.05) is 8.95 Å². The van der Waals surface area contributed by atoms with Crippen molar-refractivity contribution < 1.29 is 9.53 Å². The average molecular weight is 345 g/mol. The van der Waals surface area contributed by atoms with Crippen LogP contribution >= 0.6 is 31.9 Å². The lowest BCUT2D eigenvalue weighted by molar-refractivity contribution is -0.135. The summed E-state index contributed by atoms with van der Waals surface area (Å²) < 4.78 is 6.15. The summed E-state index contributed by atoms with van der Waals surface area (Å²) >= 11 is 6.65. The van der Waals surface area contributed by atoms with Crippen LogP contribution in [0.1, 0.15) is 5.56 Å². The molecular weight excluding hydrogens is 338 g/mol. The summed E-state index contributed by atoms with van der Waals surface area (Å²) in [6.45, 7) is 0. The van der Waals surface area contributed by atoms with E-state index in [-0.39, 0.29) is 5.57 Å². The molecular formula is C11H7Br2NO2. The van der Waals surface area contributed by atoms with E-state index in [1.807, 2.05) is 12.1 Å². The van der Waals surface area contributed by atoms with E-state index in [9.17, 15) is 4.79 Å². The van der Waals surface area contributed by atoms with Gasteiger partial charge >= 0.3 is 5.97 Å². The van der Waals surface area contributed by atoms with Crippen LogP contribution in [-0.4, -0.2) is 13.1 Å². The van der Waals surface area contributed by atoms with Crippen molar-refractivity contribution >= 4 is 43.9 Å². The van der Waals surface area contributed by atoms with E-state index in [0.717, 1.165) is 14.5 Å². The van der Waals surface area contributed by atoms with Gasteiger partial charge in [-0.05, 0) is 29.8 Å². The van der Waals surface area contributed by atoms with Crippen LogP contribution in [0.5, 0.6) is 0 Å². The number of hydrogen-bond donors (Lipinski definition) is 0. The predicted octanol–water partition coefficient (Wildman–Crippen LogP) is 3.29. The molecule has 0 atom stereocenters. The van der Waals surface area contributed by atoms with Crippen molar-refractivity contribution in [1.82, 2.24) is 0 Å². The molecule has 0 heterocycles. The molecule has 0 bridgehead atoms. The molecule has 0 aliphatic rings. The molecule has 5 heteroatoms. The van der Waals surface area contributed by atoms with Gasteiger partial charge in [0.1, 0.15) is 11.6 Å². The molecule has 0 unspecified atom stereocenters. The number of halogens is 2. The molecule has 0 amide bonds. The number of ether oxygens (including phenoxy) is 1. The number of benzene rings is 1.